The summed E-state index contributed by atoms with van der Waals surface area (Å²) in [5.41, 5.74) is 1.89. The highest BCUT2D eigenvalue weighted by molar-refractivity contribution is 5.70. The van der Waals surface area contributed by atoms with Gasteiger partial charge in [0.25, 0.3) is 5.56 Å². The number of H-pyrrole nitrogens is 1. The van der Waals surface area contributed by atoms with Crippen LogP contribution in [0.5, 0.6) is 11.5 Å². The molecule has 0 spiro atoms. The van der Waals surface area contributed by atoms with Crippen LogP contribution >= 0.6 is 0 Å². The lowest BCUT2D eigenvalue weighted by atomic mass is 10.0. The first-order valence-corrected chi connectivity index (χ1v) is 7.15. The van der Waals surface area contributed by atoms with Crippen molar-refractivity contribution in [1.82, 2.24) is 4.98 Å². The maximum Gasteiger partial charge on any atom is 0.266 e. The lowest BCUT2D eigenvalue weighted by molar-refractivity contribution is 0.483. The Balaban J connectivity index is 1.95. The highest BCUT2D eigenvalue weighted by Gasteiger charge is 2.10. The molecule has 1 N–H and O–H groups in total. The number of nitriles is 1. The van der Waals surface area contributed by atoms with Crippen LogP contribution in [0.2, 0.25) is 0 Å². The third-order valence-corrected chi connectivity index (χ3v) is 3.42. The monoisotopic (exact) mass is 302 g/mol. The summed E-state index contributed by atoms with van der Waals surface area (Å²) in [6.07, 6.45) is 0. The Hall–Kier alpha value is -3.32. The predicted molar refractivity (Wildman–Crippen MR) is 88.5 cm³/mol. The molecule has 0 aliphatic rings. The van der Waals surface area contributed by atoms with Gasteiger partial charge >= 0.3 is 0 Å². The second kappa shape index (κ2) is 6.20. The number of nitrogens with zero attached hydrogens (tertiary/aromatic N) is 1. The zero-order valence-electron chi connectivity index (χ0n) is 12.5. The summed E-state index contributed by atoms with van der Waals surface area (Å²) in [6, 6.07) is 20.6. The minimum absolute atomic E-state index is 0.118. The summed E-state index contributed by atoms with van der Waals surface area (Å²) in [5.74, 6) is 1.45. The van der Waals surface area contributed by atoms with Crippen molar-refractivity contribution < 1.29 is 4.74 Å². The molecule has 0 bridgehead atoms. The van der Waals surface area contributed by atoms with Crippen LogP contribution in [0.4, 0.5) is 0 Å². The maximum atomic E-state index is 11.9. The zero-order valence-corrected chi connectivity index (χ0v) is 12.5. The van der Waals surface area contributed by atoms with Crippen LogP contribution in [0, 0.1) is 18.3 Å². The number of para-hydroxylation sites is 1. The van der Waals surface area contributed by atoms with Gasteiger partial charge in [0.2, 0.25) is 0 Å². The third kappa shape index (κ3) is 3.14. The number of ether oxygens (including phenoxy) is 1. The van der Waals surface area contributed by atoms with Gasteiger partial charge in [-0.3, -0.25) is 4.79 Å². The molecule has 0 saturated heterocycles. The summed E-state index contributed by atoms with van der Waals surface area (Å²) in [4.78, 5) is 14.5. The van der Waals surface area contributed by atoms with Crippen LogP contribution in [-0.2, 0) is 0 Å². The normalized spacial score (nSPS) is 10.1. The smallest absolute Gasteiger partial charge is 0.266 e. The molecule has 0 unspecified atom stereocenters. The fourth-order valence-corrected chi connectivity index (χ4v) is 2.35. The molecule has 3 rings (SSSR count). The van der Waals surface area contributed by atoms with E-state index in [-0.39, 0.29) is 11.1 Å². The summed E-state index contributed by atoms with van der Waals surface area (Å²) in [5, 5.41) is 9.21. The average Bonchev–Trinajstić information content (AvgIpc) is 2.56. The molecular formula is C19H14N2O2. The highest BCUT2D eigenvalue weighted by atomic mass is 16.5. The van der Waals surface area contributed by atoms with E-state index in [2.05, 4.69) is 4.98 Å². The topological polar surface area (TPSA) is 65.9 Å². The first-order valence-electron chi connectivity index (χ1n) is 7.15. The predicted octanol–water partition coefficient (Wildman–Crippen LogP) is 4.01. The fourth-order valence-electron chi connectivity index (χ4n) is 2.35. The Bertz CT molecular complexity index is 920. The molecular weight excluding hydrogens is 288 g/mol. The van der Waals surface area contributed by atoms with E-state index in [0.29, 0.717) is 17.0 Å². The molecule has 2 aromatic carbocycles. The Kier molecular flexibility index (Phi) is 3.94. The Morgan fingerprint density at radius 1 is 1.00 bits per heavy atom. The molecule has 4 nitrogen and oxygen atoms in total. The largest absolute Gasteiger partial charge is 0.457 e. The molecule has 0 fully saturated rings. The van der Waals surface area contributed by atoms with Gasteiger partial charge in [0.15, 0.2) is 0 Å². The van der Waals surface area contributed by atoms with Crippen LogP contribution in [0.25, 0.3) is 11.1 Å². The van der Waals surface area contributed by atoms with E-state index < -0.39 is 0 Å². The number of hydrogen-bond donors (Lipinski definition) is 1. The van der Waals surface area contributed by atoms with Crippen molar-refractivity contribution in [3.63, 3.8) is 0 Å². The van der Waals surface area contributed by atoms with Crippen molar-refractivity contribution in [3.8, 4) is 28.7 Å². The standard InChI is InChI=1S/C19H14N2O2/c1-13-11-17(18(12-20)19(22)21-13)14-7-9-16(10-8-14)23-15-5-3-2-4-6-15/h2-11H,1H3,(H,21,22). The van der Waals surface area contributed by atoms with Crippen LogP contribution in [0.3, 0.4) is 0 Å². The first-order chi connectivity index (χ1) is 11.2. The highest BCUT2D eigenvalue weighted by Crippen LogP contribution is 2.26. The number of aromatic amines is 1. The van der Waals surface area contributed by atoms with Gasteiger partial charge in [0.05, 0.1) is 0 Å². The van der Waals surface area contributed by atoms with Crippen molar-refractivity contribution in [3.05, 3.63) is 82.3 Å². The summed E-state index contributed by atoms with van der Waals surface area (Å²) < 4.78 is 5.74. The van der Waals surface area contributed by atoms with Crippen LogP contribution in [0.15, 0.2) is 65.5 Å². The van der Waals surface area contributed by atoms with Gasteiger partial charge in [-0.1, -0.05) is 30.3 Å². The van der Waals surface area contributed by atoms with Crippen LogP contribution in [-0.4, -0.2) is 4.98 Å². The molecule has 0 atom stereocenters. The number of benzene rings is 2. The number of pyridine rings is 1. The van der Waals surface area contributed by atoms with E-state index in [1.54, 1.807) is 13.0 Å². The molecule has 0 aliphatic heterocycles. The van der Waals surface area contributed by atoms with Crippen molar-refractivity contribution in [2.24, 2.45) is 0 Å². The lowest BCUT2D eigenvalue weighted by Crippen LogP contribution is -2.12. The SMILES string of the molecule is Cc1cc(-c2ccc(Oc3ccccc3)cc2)c(C#N)c(=O)[nH]1. The van der Waals surface area contributed by atoms with Gasteiger partial charge in [0, 0.05) is 11.3 Å². The van der Waals surface area contributed by atoms with Crippen molar-refractivity contribution in [2.75, 3.05) is 0 Å². The minimum atomic E-state index is -0.368. The van der Waals surface area contributed by atoms with Gasteiger partial charge in [-0.2, -0.15) is 5.26 Å². The molecule has 1 heterocycles. The van der Waals surface area contributed by atoms with Gasteiger partial charge in [-0.25, -0.2) is 0 Å². The Morgan fingerprint density at radius 3 is 2.30 bits per heavy atom. The molecule has 112 valence electrons. The minimum Gasteiger partial charge on any atom is -0.457 e. The maximum absolute atomic E-state index is 11.9. The molecule has 0 radical (unpaired) electrons. The van der Waals surface area contributed by atoms with E-state index in [9.17, 15) is 10.1 Å². The molecule has 1 aromatic heterocycles. The van der Waals surface area contributed by atoms with Gasteiger partial charge in [0.1, 0.15) is 23.1 Å². The lowest BCUT2D eigenvalue weighted by Gasteiger charge is -2.08. The number of rotatable bonds is 3. The van der Waals surface area contributed by atoms with Crippen molar-refractivity contribution in [1.29, 1.82) is 5.26 Å². The number of hydrogen-bond acceptors (Lipinski definition) is 3. The molecule has 23 heavy (non-hydrogen) atoms. The number of aromatic nitrogens is 1. The van der Waals surface area contributed by atoms with E-state index >= 15 is 0 Å². The Morgan fingerprint density at radius 2 is 1.65 bits per heavy atom. The summed E-state index contributed by atoms with van der Waals surface area (Å²) in [6.45, 7) is 1.79. The third-order valence-electron chi connectivity index (χ3n) is 3.42. The van der Waals surface area contributed by atoms with E-state index in [0.717, 1.165) is 11.3 Å². The zero-order chi connectivity index (χ0) is 16.2. The van der Waals surface area contributed by atoms with E-state index in [1.165, 1.54) is 0 Å². The van der Waals surface area contributed by atoms with Crippen LogP contribution < -0.4 is 10.3 Å². The van der Waals surface area contributed by atoms with E-state index in [1.807, 2.05) is 60.7 Å². The first kappa shape index (κ1) is 14.6. The van der Waals surface area contributed by atoms with Crippen molar-refractivity contribution in [2.45, 2.75) is 6.92 Å². The number of nitrogens with one attached hydrogen (secondary N) is 1. The fraction of sp³-hybridized carbons (Fsp3) is 0.0526. The van der Waals surface area contributed by atoms with Crippen LogP contribution in [0.1, 0.15) is 11.3 Å². The van der Waals surface area contributed by atoms with Crippen molar-refractivity contribution >= 4 is 0 Å². The average molecular weight is 302 g/mol. The summed E-state index contributed by atoms with van der Waals surface area (Å²) in [7, 11) is 0. The van der Waals surface area contributed by atoms with Gasteiger partial charge < -0.3 is 9.72 Å². The Labute approximate surface area is 133 Å². The quantitative estimate of drug-likeness (QED) is 0.794. The molecule has 0 aliphatic carbocycles. The second-order valence-electron chi connectivity index (χ2n) is 5.12. The van der Waals surface area contributed by atoms with Gasteiger partial charge in [-0.05, 0) is 42.8 Å². The molecule has 0 saturated carbocycles. The second-order valence-corrected chi connectivity index (χ2v) is 5.12. The van der Waals surface area contributed by atoms with E-state index in [4.69, 9.17) is 4.74 Å². The molecule has 4 heteroatoms. The van der Waals surface area contributed by atoms with Gasteiger partial charge in [-0.15, -0.1) is 0 Å². The molecule has 0 amide bonds. The molecule has 3 aromatic rings. The summed E-state index contributed by atoms with van der Waals surface area (Å²) >= 11 is 0. The number of aryl methyl sites for hydroxylation is 1.